The van der Waals surface area contributed by atoms with Crippen LogP contribution >= 0.6 is 0 Å². The second-order valence-electron chi connectivity index (χ2n) is 5.80. The van der Waals surface area contributed by atoms with Crippen molar-refractivity contribution in [2.45, 2.75) is 31.8 Å². The van der Waals surface area contributed by atoms with Gasteiger partial charge >= 0.3 is 0 Å². The Kier molecular flexibility index (Phi) is 5.52. The smallest absolute Gasteiger partial charge is 0.123 e. The van der Waals surface area contributed by atoms with Crippen LogP contribution in [0.3, 0.4) is 0 Å². The van der Waals surface area contributed by atoms with Crippen LogP contribution in [0.25, 0.3) is 0 Å². The fourth-order valence-electron chi connectivity index (χ4n) is 3.10. The summed E-state index contributed by atoms with van der Waals surface area (Å²) in [5.74, 6) is -0.209. The highest BCUT2D eigenvalue weighted by Gasteiger charge is 2.24. The van der Waals surface area contributed by atoms with Crippen LogP contribution in [0.2, 0.25) is 0 Å². The molecule has 0 aromatic heterocycles. The summed E-state index contributed by atoms with van der Waals surface area (Å²) in [7, 11) is 2.12. The van der Waals surface area contributed by atoms with Crippen molar-refractivity contribution in [1.29, 1.82) is 0 Å². The Labute approximate surface area is 121 Å². The first-order valence-electron chi connectivity index (χ1n) is 7.53. The third-order valence-electron chi connectivity index (χ3n) is 4.23. The van der Waals surface area contributed by atoms with Crippen LogP contribution in [0, 0.1) is 5.82 Å². The van der Waals surface area contributed by atoms with Crippen LogP contribution in [-0.2, 0) is 0 Å². The standard InChI is InChI=1S/C16H26FN3/c1-3-20-10-4-5-15(20)11-19(2)12-16(18)13-6-8-14(17)9-7-13/h6-9,15-16H,3-5,10-12,18H2,1-2H3. The van der Waals surface area contributed by atoms with Crippen molar-refractivity contribution in [3.05, 3.63) is 35.6 Å². The van der Waals surface area contributed by atoms with Gasteiger partial charge in [-0.15, -0.1) is 0 Å². The van der Waals surface area contributed by atoms with E-state index in [-0.39, 0.29) is 11.9 Å². The molecule has 1 aromatic carbocycles. The summed E-state index contributed by atoms with van der Waals surface area (Å²) in [5.41, 5.74) is 7.21. The molecule has 1 aliphatic rings. The third-order valence-corrected chi connectivity index (χ3v) is 4.23. The molecule has 0 bridgehead atoms. The van der Waals surface area contributed by atoms with Gasteiger partial charge in [0.1, 0.15) is 5.82 Å². The zero-order valence-corrected chi connectivity index (χ0v) is 12.6. The minimum absolute atomic E-state index is 0.0583. The molecule has 2 unspecified atom stereocenters. The van der Waals surface area contributed by atoms with Crippen molar-refractivity contribution >= 4 is 0 Å². The molecule has 112 valence electrons. The first-order chi connectivity index (χ1) is 9.60. The summed E-state index contributed by atoms with van der Waals surface area (Å²) >= 11 is 0. The van der Waals surface area contributed by atoms with E-state index in [4.69, 9.17) is 5.73 Å². The van der Waals surface area contributed by atoms with Gasteiger partial charge in [0, 0.05) is 25.2 Å². The maximum atomic E-state index is 12.9. The van der Waals surface area contributed by atoms with Gasteiger partial charge in [-0.2, -0.15) is 0 Å². The first-order valence-corrected chi connectivity index (χ1v) is 7.53. The maximum absolute atomic E-state index is 12.9. The SMILES string of the molecule is CCN1CCCC1CN(C)CC(N)c1ccc(F)cc1. The maximum Gasteiger partial charge on any atom is 0.123 e. The van der Waals surface area contributed by atoms with E-state index >= 15 is 0 Å². The third kappa shape index (κ3) is 4.01. The largest absolute Gasteiger partial charge is 0.323 e. The summed E-state index contributed by atoms with van der Waals surface area (Å²) < 4.78 is 12.9. The molecule has 0 spiro atoms. The number of nitrogens with two attached hydrogens (primary N) is 1. The number of hydrogen-bond acceptors (Lipinski definition) is 3. The molecule has 4 heteroatoms. The predicted octanol–water partition coefficient (Wildman–Crippen LogP) is 2.24. The molecule has 2 N–H and O–H groups in total. The van der Waals surface area contributed by atoms with Crippen LogP contribution in [-0.4, -0.2) is 49.1 Å². The van der Waals surface area contributed by atoms with Gasteiger partial charge in [-0.1, -0.05) is 19.1 Å². The van der Waals surface area contributed by atoms with Gasteiger partial charge in [-0.25, -0.2) is 4.39 Å². The number of likely N-dealkylation sites (tertiary alicyclic amines) is 1. The number of halogens is 1. The molecule has 0 aliphatic carbocycles. The van der Waals surface area contributed by atoms with Crippen LogP contribution < -0.4 is 5.73 Å². The van der Waals surface area contributed by atoms with Crippen molar-refractivity contribution < 1.29 is 4.39 Å². The zero-order chi connectivity index (χ0) is 14.5. The van der Waals surface area contributed by atoms with Crippen LogP contribution in [0.1, 0.15) is 31.4 Å². The number of likely N-dealkylation sites (N-methyl/N-ethyl adjacent to an activating group) is 2. The molecule has 1 aliphatic heterocycles. The van der Waals surface area contributed by atoms with Crippen molar-refractivity contribution in [3.63, 3.8) is 0 Å². The Morgan fingerprint density at radius 2 is 2.10 bits per heavy atom. The van der Waals surface area contributed by atoms with Crippen LogP contribution in [0.15, 0.2) is 24.3 Å². The average molecular weight is 279 g/mol. The van der Waals surface area contributed by atoms with Crippen molar-refractivity contribution in [3.8, 4) is 0 Å². The highest BCUT2D eigenvalue weighted by atomic mass is 19.1. The van der Waals surface area contributed by atoms with E-state index < -0.39 is 0 Å². The number of nitrogens with zero attached hydrogens (tertiary/aromatic N) is 2. The van der Waals surface area contributed by atoms with Gasteiger partial charge in [0.15, 0.2) is 0 Å². The van der Waals surface area contributed by atoms with E-state index in [1.807, 2.05) is 0 Å². The minimum atomic E-state index is -0.209. The summed E-state index contributed by atoms with van der Waals surface area (Å²) in [6.45, 7) is 6.44. The number of benzene rings is 1. The van der Waals surface area contributed by atoms with E-state index in [2.05, 4.69) is 23.8 Å². The average Bonchev–Trinajstić information content (AvgIpc) is 2.86. The van der Waals surface area contributed by atoms with E-state index in [1.165, 1.54) is 31.5 Å². The van der Waals surface area contributed by atoms with Crippen molar-refractivity contribution in [2.24, 2.45) is 5.73 Å². The Morgan fingerprint density at radius 1 is 1.40 bits per heavy atom. The molecule has 1 heterocycles. The molecule has 0 radical (unpaired) electrons. The predicted molar refractivity (Wildman–Crippen MR) is 81.1 cm³/mol. The molecule has 0 saturated carbocycles. The Bertz CT molecular complexity index is 407. The van der Waals surface area contributed by atoms with E-state index in [0.29, 0.717) is 6.04 Å². The molecule has 3 nitrogen and oxygen atoms in total. The van der Waals surface area contributed by atoms with Crippen molar-refractivity contribution in [1.82, 2.24) is 9.80 Å². The van der Waals surface area contributed by atoms with E-state index in [0.717, 1.165) is 25.2 Å². The van der Waals surface area contributed by atoms with Crippen molar-refractivity contribution in [2.75, 3.05) is 33.2 Å². The van der Waals surface area contributed by atoms with Gasteiger partial charge < -0.3 is 10.6 Å². The summed E-state index contributed by atoms with van der Waals surface area (Å²) in [6.07, 6.45) is 2.58. The molecule has 1 saturated heterocycles. The molecular weight excluding hydrogens is 253 g/mol. The topological polar surface area (TPSA) is 32.5 Å². The second kappa shape index (κ2) is 7.16. The Hall–Kier alpha value is -0.970. The summed E-state index contributed by atoms with van der Waals surface area (Å²) in [6, 6.07) is 7.11. The number of rotatable bonds is 6. The number of hydrogen-bond donors (Lipinski definition) is 1. The lowest BCUT2D eigenvalue weighted by Crippen LogP contribution is -2.41. The van der Waals surface area contributed by atoms with E-state index in [1.54, 1.807) is 12.1 Å². The minimum Gasteiger partial charge on any atom is -0.323 e. The Balaban J connectivity index is 1.84. The lowest BCUT2D eigenvalue weighted by molar-refractivity contribution is 0.193. The van der Waals surface area contributed by atoms with E-state index in [9.17, 15) is 4.39 Å². The van der Waals surface area contributed by atoms with Gasteiger partial charge in [0.2, 0.25) is 0 Å². The first kappa shape index (κ1) is 15.4. The lowest BCUT2D eigenvalue weighted by atomic mass is 10.1. The monoisotopic (exact) mass is 279 g/mol. The molecule has 1 aromatic rings. The molecule has 2 rings (SSSR count). The highest BCUT2D eigenvalue weighted by molar-refractivity contribution is 5.19. The van der Waals surface area contributed by atoms with Gasteiger partial charge in [-0.3, -0.25) is 4.90 Å². The molecule has 1 fully saturated rings. The second-order valence-corrected chi connectivity index (χ2v) is 5.80. The highest BCUT2D eigenvalue weighted by Crippen LogP contribution is 2.18. The fraction of sp³-hybridized carbons (Fsp3) is 0.625. The molecule has 20 heavy (non-hydrogen) atoms. The van der Waals surface area contributed by atoms with Crippen LogP contribution in [0.4, 0.5) is 4.39 Å². The fourth-order valence-corrected chi connectivity index (χ4v) is 3.10. The lowest BCUT2D eigenvalue weighted by Gasteiger charge is -2.29. The quantitative estimate of drug-likeness (QED) is 0.867. The Morgan fingerprint density at radius 3 is 2.75 bits per heavy atom. The van der Waals surface area contributed by atoms with Gasteiger partial charge in [0.05, 0.1) is 0 Å². The molecule has 2 atom stereocenters. The van der Waals surface area contributed by atoms with Gasteiger partial charge in [-0.05, 0) is 50.7 Å². The van der Waals surface area contributed by atoms with Crippen LogP contribution in [0.5, 0.6) is 0 Å². The normalized spacial score (nSPS) is 21.6. The summed E-state index contributed by atoms with van der Waals surface area (Å²) in [5, 5.41) is 0. The zero-order valence-electron chi connectivity index (χ0n) is 12.6. The molecular formula is C16H26FN3. The van der Waals surface area contributed by atoms with Gasteiger partial charge in [0.25, 0.3) is 0 Å². The summed E-state index contributed by atoms with van der Waals surface area (Å²) in [4.78, 5) is 4.84. The molecule has 0 amide bonds.